The van der Waals surface area contributed by atoms with Crippen LogP contribution in [0.25, 0.3) is 0 Å². The average Bonchev–Trinajstić information content (AvgIpc) is 2.75. The van der Waals surface area contributed by atoms with Crippen molar-refractivity contribution in [2.24, 2.45) is 40.9 Å². The summed E-state index contributed by atoms with van der Waals surface area (Å²) in [6.45, 7) is 6.64. The molecule has 0 radical (unpaired) electrons. The molecule has 23 heavy (non-hydrogen) atoms. The third-order valence-electron chi connectivity index (χ3n) is 8.88. The minimum atomic E-state index is -0.557. The smallest absolute Gasteiger partial charge is 0.104 e. The molecule has 0 bridgehead atoms. The standard InChI is InChI=1S/C21H35FO/c1-4-17-19(22)11-18-16-6-5-13-12-20(2,23)9-7-14(13)15(16)8-10-21(17,18)3/h13-19,23H,4-12H2,1-3H3/t13?,14-,15+,16+,17-,18-,19+,20+,21+/m0/s1. The Hall–Kier alpha value is -0.110. The van der Waals surface area contributed by atoms with E-state index >= 15 is 0 Å². The highest BCUT2D eigenvalue weighted by Crippen LogP contribution is 2.65. The van der Waals surface area contributed by atoms with Crippen molar-refractivity contribution in [3.63, 3.8) is 0 Å². The summed E-state index contributed by atoms with van der Waals surface area (Å²) in [6.07, 6.45) is 9.63. The first-order chi connectivity index (χ1) is 10.9. The molecule has 0 amide bonds. The molecule has 4 aliphatic rings. The second kappa shape index (κ2) is 5.44. The van der Waals surface area contributed by atoms with Gasteiger partial charge in [0.05, 0.1) is 5.60 Å². The molecule has 2 heteroatoms. The van der Waals surface area contributed by atoms with Gasteiger partial charge in [-0.1, -0.05) is 20.3 Å². The molecule has 0 saturated heterocycles. The fourth-order valence-electron chi connectivity index (χ4n) is 7.88. The quantitative estimate of drug-likeness (QED) is 0.688. The number of aliphatic hydroxyl groups is 1. The highest BCUT2D eigenvalue weighted by molar-refractivity contribution is 5.08. The van der Waals surface area contributed by atoms with Crippen LogP contribution in [-0.4, -0.2) is 16.9 Å². The van der Waals surface area contributed by atoms with E-state index < -0.39 is 11.8 Å². The summed E-state index contributed by atoms with van der Waals surface area (Å²) >= 11 is 0. The van der Waals surface area contributed by atoms with E-state index in [1.54, 1.807) is 0 Å². The molecule has 0 aromatic heterocycles. The van der Waals surface area contributed by atoms with Gasteiger partial charge in [-0.25, -0.2) is 4.39 Å². The third kappa shape index (κ3) is 2.41. The molecule has 0 spiro atoms. The SMILES string of the molecule is CC[C@H]1[C@H](F)C[C@H]2[C@@H]3CCC4C[C@](C)(O)CC[C@@H]4[C@H]3CC[C@@]21C. The molecule has 4 saturated carbocycles. The van der Waals surface area contributed by atoms with Crippen molar-refractivity contribution in [3.05, 3.63) is 0 Å². The monoisotopic (exact) mass is 322 g/mol. The summed E-state index contributed by atoms with van der Waals surface area (Å²) in [7, 11) is 0. The lowest BCUT2D eigenvalue weighted by Gasteiger charge is -2.56. The van der Waals surface area contributed by atoms with Gasteiger partial charge in [0.1, 0.15) is 6.17 Å². The number of hydrogen-bond donors (Lipinski definition) is 1. The van der Waals surface area contributed by atoms with E-state index in [-0.39, 0.29) is 5.41 Å². The van der Waals surface area contributed by atoms with Gasteiger partial charge in [0.2, 0.25) is 0 Å². The van der Waals surface area contributed by atoms with E-state index in [9.17, 15) is 9.50 Å². The summed E-state index contributed by atoms with van der Waals surface area (Å²) in [4.78, 5) is 0. The summed E-state index contributed by atoms with van der Waals surface area (Å²) in [5, 5.41) is 10.5. The number of rotatable bonds is 1. The van der Waals surface area contributed by atoms with Crippen molar-refractivity contribution >= 4 is 0 Å². The van der Waals surface area contributed by atoms with Crippen LogP contribution in [0.4, 0.5) is 4.39 Å². The maximum atomic E-state index is 14.7. The molecular formula is C21H35FO. The van der Waals surface area contributed by atoms with Gasteiger partial charge in [-0.15, -0.1) is 0 Å². The Balaban J connectivity index is 1.56. The van der Waals surface area contributed by atoms with Crippen LogP contribution in [0.3, 0.4) is 0 Å². The molecule has 0 aromatic carbocycles. The molecule has 4 aliphatic carbocycles. The van der Waals surface area contributed by atoms with Crippen molar-refractivity contribution in [1.82, 2.24) is 0 Å². The first-order valence-electron chi connectivity index (χ1n) is 10.2. The molecule has 0 heterocycles. The van der Waals surface area contributed by atoms with Crippen LogP contribution < -0.4 is 0 Å². The van der Waals surface area contributed by atoms with Gasteiger partial charge in [-0.05, 0) is 99.2 Å². The second-order valence-electron chi connectivity index (χ2n) is 9.99. The van der Waals surface area contributed by atoms with Crippen LogP contribution in [0.5, 0.6) is 0 Å². The third-order valence-corrected chi connectivity index (χ3v) is 8.88. The Morgan fingerprint density at radius 3 is 2.48 bits per heavy atom. The minimum absolute atomic E-state index is 0.266. The van der Waals surface area contributed by atoms with Crippen LogP contribution in [0.15, 0.2) is 0 Å². The Bertz CT molecular complexity index is 461. The van der Waals surface area contributed by atoms with Crippen LogP contribution in [0.2, 0.25) is 0 Å². The normalized spacial score (nSPS) is 59.1. The lowest BCUT2D eigenvalue weighted by molar-refractivity contribution is -0.0999. The fourth-order valence-corrected chi connectivity index (χ4v) is 7.88. The van der Waals surface area contributed by atoms with Gasteiger partial charge in [0.25, 0.3) is 0 Å². The summed E-state index contributed by atoms with van der Waals surface area (Å²) in [6, 6.07) is 0. The van der Waals surface area contributed by atoms with Crippen molar-refractivity contribution in [2.45, 2.75) is 90.3 Å². The van der Waals surface area contributed by atoms with Crippen LogP contribution >= 0.6 is 0 Å². The lowest BCUT2D eigenvalue weighted by atomic mass is 9.49. The Labute approximate surface area is 141 Å². The molecule has 1 unspecified atom stereocenters. The highest BCUT2D eigenvalue weighted by Gasteiger charge is 2.59. The zero-order chi connectivity index (χ0) is 16.4. The Kier molecular flexibility index (Phi) is 3.87. The number of alkyl halides is 1. The minimum Gasteiger partial charge on any atom is -0.390 e. The van der Waals surface area contributed by atoms with E-state index in [2.05, 4.69) is 13.8 Å². The van der Waals surface area contributed by atoms with Gasteiger partial charge in [0.15, 0.2) is 0 Å². The van der Waals surface area contributed by atoms with Gasteiger partial charge in [-0.2, -0.15) is 0 Å². The Morgan fingerprint density at radius 1 is 1.00 bits per heavy atom. The molecular weight excluding hydrogens is 287 g/mol. The van der Waals surface area contributed by atoms with Crippen LogP contribution in [0, 0.1) is 40.9 Å². The van der Waals surface area contributed by atoms with Crippen molar-refractivity contribution in [2.75, 3.05) is 0 Å². The van der Waals surface area contributed by atoms with Crippen LogP contribution in [0.1, 0.15) is 78.6 Å². The maximum Gasteiger partial charge on any atom is 0.104 e. The number of hydrogen-bond acceptors (Lipinski definition) is 1. The van der Waals surface area contributed by atoms with E-state index in [1.807, 2.05) is 6.92 Å². The van der Waals surface area contributed by atoms with Gasteiger partial charge >= 0.3 is 0 Å². The average molecular weight is 323 g/mol. The molecule has 0 aromatic rings. The largest absolute Gasteiger partial charge is 0.390 e. The van der Waals surface area contributed by atoms with Crippen molar-refractivity contribution in [3.8, 4) is 0 Å². The van der Waals surface area contributed by atoms with Gasteiger partial charge < -0.3 is 5.11 Å². The zero-order valence-corrected chi connectivity index (χ0v) is 15.2. The molecule has 132 valence electrons. The molecule has 1 N–H and O–H groups in total. The zero-order valence-electron chi connectivity index (χ0n) is 15.2. The van der Waals surface area contributed by atoms with Gasteiger partial charge in [0, 0.05) is 0 Å². The topological polar surface area (TPSA) is 20.2 Å². The first-order valence-corrected chi connectivity index (χ1v) is 10.2. The predicted molar refractivity (Wildman–Crippen MR) is 91.8 cm³/mol. The fraction of sp³-hybridized carbons (Fsp3) is 1.00. The molecule has 4 rings (SSSR count). The van der Waals surface area contributed by atoms with Crippen molar-refractivity contribution in [1.29, 1.82) is 0 Å². The lowest BCUT2D eigenvalue weighted by Crippen LogP contribution is -2.50. The van der Waals surface area contributed by atoms with E-state index in [0.29, 0.717) is 11.8 Å². The Morgan fingerprint density at radius 2 is 1.74 bits per heavy atom. The summed E-state index contributed by atoms with van der Waals surface area (Å²) < 4.78 is 14.7. The van der Waals surface area contributed by atoms with Gasteiger partial charge in [-0.3, -0.25) is 0 Å². The molecule has 4 fully saturated rings. The first kappa shape index (κ1) is 16.4. The molecule has 0 aliphatic heterocycles. The maximum absolute atomic E-state index is 14.7. The van der Waals surface area contributed by atoms with E-state index in [0.717, 1.165) is 49.4 Å². The van der Waals surface area contributed by atoms with Crippen LogP contribution in [-0.2, 0) is 0 Å². The van der Waals surface area contributed by atoms with E-state index in [4.69, 9.17) is 0 Å². The molecule has 1 nitrogen and oxygen atoms in total. The van der Waals surface area contributed by atoms with Crippen molar-refractivity contribution < 1.29 is 9.50 Å². The highest BCUT2D eigenvalue weighted by atomic mass is 19.1. The molecule has 9 atom stereocenters. The summed E-state index contributed by atoms with van der Waals surface area (Å²) in [5.74, 6) is 4.08. The van der Waals surface area contributed by atoms with E-state index in [1.165, 1.54) is 32.1 Å². The number of halogens is 1. The second-order valence-corrected chi connectivity index (χ2v) is 9.99. The number of fused-ring (bicyclic) bond motifs is 5. The predicted octanol–water partition coefficient (Wildman–Crippen LogP) is 5.36. The summed E-state index contributed by atoms with van der Waals surface area (Å²) in [5.41, 5.74) is -0.162.